The third-order valence-electron chi connectivity index (χ3n) is 5.20. The second-order valence-corrected chi connectivity index (χ2v) is 9.12. The van der Waals surface area contributed by atoms with Gasteiger partial charge >= 0.3 is 12.4 Å². The topological polar surface area (TPSA) is 91.2 Å². The number of rotatable bonds is 4. The van der Waals surface area contributed by atoms with Crippen molar-refractivity contribution in [2.24, 2.45) is 5.16 Å². The van der Waals surface area contributed by atoms with E-state index in [0.717, 1.165) is 10.4 Å². The molecule has 3 atom stereocenters. The van der Waals surface area contributed by atoms with Crippen LogP contribution < -0.4 is 5.48 Å². The number of alkyl halides is 6. The minimum atomic E-state index is -6.01. The lowest BCUT2D eigenvalue weighted by Crippen LogP contribution is -2.58. The van der Waals surface area contributed by atoms with Crippen molar-refractivity contribution in [3.63, 3.8) is 0 Å². The molecule has 3 aliphatic rings. The van der Waals surface area contributed by atoms with Crippen LogP contribution in [0.15, 0.2) is 41.1 Å². The molecule has 2 aliphatic carbocycles. The van der Waals surface area contributed by atoms with E-state index in [4.69, 9.17) is 4.94 Å². The highest BCUT2D eigenvalue weighted by molar-refractivity contribution is 7.90. The molecule has 0 aromatic heterocycles. The highest BCUT2D eigenvalue weighted by Crippen LogP contribution is 2.48. The average molecular weight is 461 g/mol. The number of oxime groups is 1. The van der Waals surface area contributed by atoms with Crippen LogP contribution in [0.2, 0.25) is 0 Å². The molecule has 0 saturated carbocycles. The van der Waals surface area contributed by atoms with Crippen LogP contribution in [0.4, 0.5) is 26.3 Å². The Labute approximate surface area is 167 Å². The van der Waals surface area contributed by atoms with E-state index >= 15 is 0 Å². The minimum absolute atomic E-state index is 0.0759. The molecule has 0 bridgehead atoms. The molecule has 14 heteroatoms. The van der Waals surface area contributed by atoms with E-state index in [1.807, 2.05) is 0 Å². The van der Waals surface area contributed by atoms with E-state index in [1.54, 1.807) is 12.2 Å². The molecule has 0 amide bonds. The summed E-state index contributed by atoms with van der Waals surface area (Å²) in [4.78, 5) is 4.70. The molecule has 1 aliphatic heterocycles. The zero-order chi connectivity index (χ0) is 22.5. The fourth-order valence-corrected chi connectivity index (χ4v) is 5.19. The lowest BCUT2D eigenvalue weighted by Gasteiger charge is -2.36. The quantitative estimate of drug-likeness (QED) is 0.494. The summed E-state index contributed by atoms with van der Waals surface area (Å²) < 4.78 is 105. The molecule has 0 spiro atoms. The number of hydrogen-bond acceptors (Lipinski definition) is 6. The highest BCUT2D eigenvalue weighted by Gasteiger charge is 2.72. The second-order valence-electron chi connectivity index (χ2n) is 6.94. The molecule has 0 aromatic carbocycles. The summed E-state index contributed by atoms with van der Waals surface area (Å²) in [5, 5.41) is 12.0. The number of nitrogens with zero attached hydrogens (tertiary/aromatic N) is 2. The van der Waals surface area contributed by atoms with Crippen LogP contribution in [-0.4, -0.2) is 65.9 Å². The van der Waals surface area contributed by atoms with Gasteiger partial charge in [0, 0.05) is 13.1 Å². The molecule has 30 heavy (non-hydrogen) atoms. The van der Waals surface area contributed by atoms with Crippen LogP contribution in [-0.2, 0) is 15.0 Å². The Kier molecular flexibility index (Phi) is 5.58. The second kappa shape index (κ2) is 7.35. The lowest BCUT2D eigenvalue weighted by molar-refractivity contribution is -0.351. The first-order valence-corrected chi connectivity index (χ1v) is 10.1. The molecule has 7 nitrogen and oxygen atoms in total. The predicted molar refractivity (Wildman–Crippen MR) is 92.4 cm³/mol. The normalized spacial score (nSPS) is 27.6. The predicted octanol–water partition coefficient (Wildman–Crippen LogP) is 1.95. The molecule has 0 aromatic rings. The molecule has 0 fully saturated rings. The smallest absolute Gasteiger partial charge is 0.370 e. The van der Waals surface area contributed by atoms with E-state index in [-0.39, 0.29) is 12.1 Å². The van der Waals surface area contributed by atoms with E-state index in [1.165, 1.54) is 7.05 Å². The summed E-state index contributed by atoms with van der Waals surface area (Å²) in [6.45, 7) is 0. The molecular weight excluding hydrogens is 444 g/mol. The van der Waals surface area contributed by atoms with Crippen LogP contribution in [0, 0.1) is 0 Å². The van der Waals surface area contributed by atoms with Crippen molar-refractivity contribution >= 4 is 15.7 Å². The number of hydrogen-bond donors (Lipinski definition) is 2. The van der Waals surface area contributed by atoms with Gasteiger partial charge in [0.2, 0.25) is 10.0 Å². The molecule has 2 N–H and O–H groups in total. The Morgan fingerprint density at radius 1 is 1.17 bits per heavy atom. The van der Waals surface area contributed by atoms with Gasteiger partial charge in [0.1, 0.15) is 17.0 Å². The molecule has 3 unspecified atom stereocenters. The van der Waals surface area contributed by atoms with Gasteiger partial charge in [-0.05, 0) is 18.4 Å². The Hall–Kier alpha value is -1.90. The van der Waals surface area contributed by atoms with Gasteiger partial charge in [0.05, 0.1) is 0 Å². The summed E-state index contributed by atoms with van der Waals surface area (Å²) in [5.41, 5.74) is -3.78. The van der Waals surface area contributed by atoms with Gasteiger partial charge in [-0.3, -0.25) is 4.94 Å². The Balaban J connectivity index is 1.83. The van der Waals surface area contributed by atoms with Crippen LogP contribution in [0.25, 0.3) is 0 Å². The fraction of sp³-hybridized carbons (Fsp3) is 0.562. The Morgan fingerprint density at radius 2 is 1.80 bits per heavy atom. The number of aliphatic hydroxyl groups is 1. The van der Waals surface area contributed by atoms with Gasteiger partial charge in [-0.25, -0.2) is 8.42 Å². The fourth-order valence-electron chi connectivity index (χ4n) is 3.41. The first-order valence-electron chi connectivity index (χ1n) is 8.58. The van der Waals surface area contributed by atoms with Crippen molar-refractivity contribution in [1.82, 2.24) is 9.79 Å². The Bertz CT molecular complexity index is 908. The maximum absolute atomic E-state index is 13.0. The van der Waals surface area contributed by atoms with E-state index in [2.05, 4.69) is 10.6 Å². The summed E-state index contributed by atoms with van der Waals surface area (Å²) in [6.07, 6.45) is -7.31. The maximum atomic E-state index is 13.0. The van der Waals surface area contributed by atoms with Gasteiger partial charge in [-0.15, -0.1) is 5.48 Å². The SMILES string of the molecule is CN(C1C=CC(C(O)(C(F)(F)F)C(F)(F)F)=CC1)S(=O)(=O)C1CC=CC2NON=C21. The maximum Gasteiger partial charge on any atom is 0.430 e. The summed E-state index contributed by atoms with van der Waals surface area (Å²) in [5.74, 6) is 0. The number of nitrogens with one attached hydrogen (secondary N) is 1. The third kappa shape index (κ3) is 3.55. The van der Waals surface area contributed by atoms with Crippen LogP contribution in [0.3, 0.4) is 0 Å². The number of allylic oxidation sites excluding steroid dienone is 1. The van der Waals surface area contributed by atoms with Crippen molar-refractivity contribution in [1.29, 1.82) is 0 Å². The van der Waals surface area contributed by atoms with Crippen molar-refractivity contribution in [2.45, 2.75) is 48.1 Å². The van der Waals surface area contributed by atoms with E-state index < -0.39 is 57.3 Å². The molecule has 168 valence electrons. The summed E-state index contributed by atoms with van der Waals surface area (Å²) >= 11 is 0. The zero-order valence-electron chi connectivity index (χ0n) is 15.3. The van der Waals surface area contributed by atoms with Gasteiger partial charge in [0.25, 0.3) is 5.60 Å². The Morgan fingerprint density at radius 3 is 2.33 bits per heavy atom. The number of halogens is 6. The number of sulfonamides is 1. The first kappa shape index (κ1) is 22.8. The van der Waals surface area contributed by atoms with Crippen LogP contribution in [0.1, 0.15) is 12.8 Å². The largest absolute Gasteiger partial charge is 0.430 e. The van der Waals surface area contributed by atoms with Crippen LogP contribution in [0.5, 0.6) is 0 Å². The highest BCUT2D eigenvalue weighted by atomic mass is 32.2. The molecule has 1 heterocycles. The monoisotopic (exact) mass is 461 g/mol. The zero-order valence-corrected chi connectivity index (χ0v) is 16.1. The standard InChI is InChI=1S/C16H17F6N3O4S/c1-25(30(27,28)12-4-2-3-11-13(12)24-29-23-11)10-7-5-9(6-8-10)14(26,15(17,18)19)16(20,21)22/h2-3,5-7,10-12,23,26H,4,8H2,1H3. The molecule has 0 saturated heterocycles. The first-order chi connectivity index (χ1) is 13.7. The van der Waals surface area contributed by atoms with Crippen molar-refractivity contribution in [2.75, 3.05) is 7.05 Å². The third-order valence-corrected chi connectivity index (χ3v) is 7.43. The van der Waals surface area contributed by atoms with E-state index in [0.29, 0.717) is 12.2 Å². The number of likely N-dealkylation sites (N-methyl/N-ethyl adjacent to an activating group) is 1. The lowest BCUT2D eigenvalue weighted by atomic mass is 9.87. The van der Waals surface area contributed by atoms with Gasteiger partial charge in [-0.1, -0.05) is 35.5 Å². The minimum Gasteiger partial charge on any atom is -0.370 e. The molecular formula is C16H17F6N3O4S. The molecule has 0 radical (unpaired) electrons. The van der Waals surface area contributed by atoms with Crippen molar-refractivity contribution in [3.05, 3.63) is 36.0 Å². The summed E-state index contributed by atoms with van der Waals surface area (Å²) in [7, 11) is -2.92. The number of hydroxylamine groups is 1. The van der Waals surface area contributed by atoms with Crippen LogP contribution >= 0.6 is 0 Å². The number of fused-ring (bicyclic) bond motifs is 1. The van der Waals surface area contributed by atoms with Gasteiger partial charge < -0.3 is 5.11 Å². The summed E-state index contributed by atoms with van der Waals surface area (Å²) in [6, 6.07) is -1.60. The van der Waals surface area contributed by atoms with Crippen molar-refractivity contribution in [3.8, 4) is 0 Å². The van der Waals surface area contributed by atoms with Crippen molar-refractivity contribution < 1.29 is 44.8 Å². The average Bonchev–Trinajstić information content (AvgIpc) is 3.13. The van der Waals surface area contributed by atoms with E-state index in [9.17, 15) is 39.9 Å². The molecule has 3 rings (SSSR count). The van der Waals surface area contributed by atoms with Gasteiger partial charge in [0.15, 0.2) is 0 Å². The van der Waals surface area contributed by atoms with Gasteiger partial charge in [-0.2, -0.15) is 30.6 Å².